The summed E-state index contributed by atoms with van der Waals surface area (Å²) >= 11 is 2.52. The lowest BCUT2D eigenvalue weighted by molar-refractivity contribution is -0.119. The van der Waals surface area contributed by atoms with E-state index in [1.807, 2.05) is 0 Å². The molecule has 1 atom stereocenters. The van der Waals surface area contributed by atoms with Gasteiger partial charge >= 0.3 is 5.97 Å². The van der Waals surface area contributed by atoms with E-state index in [2.05, 4.69) is 5.32 Å². The van der Waals surface area contributed by atoms with Gasteiger partial charge in [-0.25, -0.2) is 4.79 Å². The number of amides is 1. The molecule has 0 spiro atoms. The molecule has 0 aliphatic carbocycles. The number of rotatable bonds is 4. The van der Waals surface area contributed by atoms with Gasteiger partial charge in [0, 0.05) is 17.3 Å². The van der Waals surface area contributed by atoms with Crippen molar-refractivity contribution in [1.82, 2.24) is 5.32 Å². The molecule has 4 nitrogen and oxygen atoms in total. The van der Waals surface area contributed by atoms with Crippen LogP contribution in [0.2, 0.25) is 0 Å². The van der Waals surface area contributed by atoms with E-state index in [1.54, 1.807) is 25.4 Å². The second-order valence-corrected chi connectivity index (χ2v) is 5.15. The number of nitrogens with one attached hydrogen (secondary N) is 1. The van der Waals surface area contributed by atoms with Crippen molar-refractivity contribution in [3.8, 4) is 0 Å². The molecule has 0 saturated carbocycles. The summed E-state index contributed by atoms with van der Waals surface area (Å²) in [5, 5.41) is 12.8. The molecule has 1 aromatic rings. The van der Waals surface area contributed by atoms with Crippen LogP contribution in [0.25, 0.3) is 0 Å². The van der Waals surface area contributed by atoms with E-state index >= 15 is 0 Å². The van der Waals surface area contributed by atoms with Crippen LogP contribution >= 0.6 is 23.1 Å². The maximum absolute atomic E-state index is 11.2. The highest BCUT2D eigenvalue weighted by molar-refractivity contribution is 8.00. The fraction of sp³-hybridized carbons (Fsp3) is 0.333. The van der Waals surface area contributed by atoms with Crippen molar-refractivity contribution in [3.63, 3.8) is 0 Å². The van der Waals surface area contributed by atoms with E-state index in [0.717, 1.165) is 4.90 Å². The molecule has 0 saturated heterocycles. The largest absolute Gasteiger partial charge is 0.477 e. The van der Waals surface area contributed by atoms with Crippen LogP contribution in [0.4, 0.5) is 0 Å². The number of thiophene rings is 1. The minimum atomic E-state index is -0.931. The summed E-state index contributed by atoms with van der Waals surface area (Å²) in [7, 11) is 1.58. The number of aromatic carboxylic acids is 1. The number of hydrogen-bond acceptors (Lipinski definition) is 4. The van der Waals surface area contributed by atoms with Gasteiger partial charge in [0.05, 0.1) is 5.25 Å². The zero-order valence-corrected chi connectivity index (χ0v) is 9.95. The Morgan fingerprint density at radius 1 is 1.60 bits per heavy atom. The van der Waals surface area contributed by atoms with E-state index < -0.39 is 5.97 Å². The molecule has 1 aromatic heterocycles. The number of carbonyl (C=O) groups is 2. The van der Waals surface area contributed by atoms with E-state index in [4.69, 9.17) is 5.11 Å². The van der Waals surface area contributed by atoms with Gasteiger partial charge < -0.3 is 10.4 Å². The SMILES string of the molecule is CNC(=O)C(C)Sc1csc(C(=O)O)c1. The molecule has 1 unspecified atom stereocenters. The third-order valence-electron chi connectivity index (χ3n) is 1.71. The molecule has 6 heteroatoms. The summed E-state index contributed by atoms with van der Waals surface area (Å²) in [5.74, 6) is -0.998. The molecule has 0 radical (unpaired) electrons. The molecule has 1 amide bonds. The lowest BCUT2D eigenvalue weighted by Gasteiger charge is -2.07. The van der Waals surface area contributed by atoms with Crippen molar-refractivity contribution in [2.24, 2.45) is 0 Å². The molecule has 82 valence electrons. The molecule has 0 aromatic carbocycles. The van der Waals surface area contributed by atoms with E-state index in [-0.39, 0.29) is 11.2 Å². The average molecular weight is 245 g/mol. The van der Waals surface area contributed by atoms with Crippen LogP contribution in [0.15, 0.2) is 16.3 Å². The van der Waals surface area contributed by atoms with Gasteiger partial charge in [0.25, 0.3) is 0 Å². The fourth-order valence-corrected chi connectivity index (χ4v) is 2.82. The first-order chi connectivity index (χ1) is 7.04. The Hall–Kier alpha value is -1.01. The quantitative estimate of drug-likeness (QED) is 0.792. The molecular weight excluding hydrogens is 234 g/mol. The molecular formula is C9H11NO3S2. The molecule has 1 rings (SSSR count). The molecule has 1 heterocycles. The zero-order chi connectivity index (χ0) is 11.4. The maximum atomic E-state index is 11.2. The predicted octanol–water partition coefficient (Wildman–Crippen LogP) is 1.67. The number of carboxylic acid groups (broad SMARTS) is 1. The van der Waals surface area contributed by atoms with Crippen LogP contribution in [-0.4, -0.2) is 29.3 Å². The lowest BCUT2D eigenvalue weighted by atomic mass is 10.4. The molecule has 15 heavy (non-hydrogen) atoms. The van der Waals surface area contributed by atoms with Gasteiger partial charge in [0.15, 0.2) is 0 Å². The standard InChI is InChI=1S/C9H11NO3S2/c1-5(8(11)10-2)15-6-3-7(9(12)13)14-4-6/h3-5H,1-2H3,(H,10,11)(H,12,13). The number of carboxylic acids is 1. The van der Waals surface area contributed by atoms with Crippen molar-refractivity contribution >= 4 is 35.0 Å². The first-order valence-electron chi connectivity index (χ1n) is 4.24. The average Bonchev–Trinajstić information content (AvgIpc) is 2.65. The Morgan fingerprint density at radius 3 is 2.73 bits per heavy atom. The Balaban J connectivity index is 2.65. The predicted molar refractivity (Wildman–Crippen MR) is 60.7 cm³/mol. The number of hydrogen-bond donors (Lipinski definition) is 2. The lowest BCUT2D eigenvalue weighted by Crippen LogP contribution is -2.26. The van der Waals surface area contributed by atoms with Gasteiger partial charge in [0.2, 0.25) is 5.91 Å². The number of carbonyl (C=O) groups excluding carboxylic acids is 1. The maximum Gasteiger partial charge on any atom is 0.345 e. The van der Waals surface area contributed by atoms with Gasteiger partial charge in [0.1, 0.15) is 4.88 Å². The van der Waals surface area contributed by atoms with Crippen LogP contribution in [0.5, 0.6) is 0 Å². The monoisotopic (exact) mass is 245 g/mol. The minimum Gasteiger partial charge on any atom is -0.477 e. The highest BCUT2D eigenvalue weighted by Gasteiger charge is 2.14. The van der Waals surface area contributed by atoms with Gasteiger partial charge in [-0.15, -0.1) is 23.1 Å². The summed E-state index contributed by atoms with van der Waals surface area (Å²) < 4.78 is 0. The third-order valence-corrected chi connectivity index (χ3v) is 3.86. The smallest absolute Gasteiger partial charge is 0.345 e. The first kappa shape index (κ1) is 12.1. The van der Waals surface area contributed by atoms with Gasteiger partial charge in [-0.05, 0) is 13.0 Å². The van der Waals surface area contributed by atoms with E-state index in [1.165, 1.54) is 23.1 Å². The van der Waals surface area contributed by atoms with Crippen molar-refractivity contribution in [2.45, 2.75) is 17.1 Å². The van der Waals surface area contributed by atoms with Crippen LogP contribution in [0.1, 0.15) is 16.6 Å². The Bertz CT molecular complexity index is 375. The summed E-state index contributed by atoms with van der Waals surface area (Å²) in [4.78, 5) is 22.9. The van der Waals surface area contributed by atoms with Crippen molar-refractivity contribution in [2.75, 3.05) is 7.05 Å². The zero-order valence-electron chi connectivity index (χ0n) is 8.31. The van der Waals surface area contributed by atoms with Crippen molar-refractivity contribution in [1.29, 1.82) is 0 Å². The van der Waals surface area contributed by atoms with Crippen LogP contribution in [0.3, 0.4) is 0 Å². The fourth-order valence-electron chi connectivity index (χ4n) is 0.954. The molecule has 2 N–H and O–H groups in total. The minimum absolute atomic E-state index is 0.0666. The van der Waals surface area contributed by atoms with Crippen molar-refractivity contribution < 1.29 is 14.7 Å². The Morgan fingerprint density at radius 2 is 2.27 bits per heavy atom. The molecule has 0 aliphatic heterocycles. The van der Waals surface area contributed by atoms with Gasteiger partial charge in [-0.2, -0.15) is 0 Å². The van der Waals surface area contributed by atoms with Crippen molar-refractivity contribution in [3.05, 3.63) is 16.3 Å². The normalized spacial score (nSPS) is 12.1. The summed E-state index contributed by atoms with van der Waals surface area (Å²) in [6.07, 6.45) is 0. The second kappa shape index (κ2) is 5.18. The molecule has 0 aliphatic rings. The molecule has 0 fully saturated rings. The molecule has 0 bridgehead atoms. The van der Waals surface area contributed by atoms with E-state index in [9.17, 15) is 9.59 Å². The van der Waals surface area contributed by atoms with Crippen LogP contribution in [0, 0.1) is 0 Å². The van der Waals surface area contributed by atoms with Gasteiger partial charge in [-0.3, -0.25) is 4.79 Å². The summed E-state index contributed by atoms with van der Waals surface area (Å²) in [5.41, 5.74) is 0. The topological polar surface area (TPSA) is 66.4 Å². The summed E-state index contributed by atoms with van der Waals surface area (Å²) in [6, 6.07) is 1.58. The first-order valence-corrected chi connectivity index (χ1v) is 6.00. The second-order valence-electron chi connectivity index (χ2n) is 2.83. The number of thioether (sulfide) groups is 1. The highest BCUT2D eigenvalue weighted by atomic mass is 32.2. The van der Waals surface area contributed by atoms with Gasteiger partial charge in [-0.1, -0.05) is 0 Å². The van der Waals surface area contributed by atoms with Crippen LogP contribution < -0.4 is 5.32 Å². The Kier molecular flexibility index (Phi) is 4.16. The third kappa shape index (κ3) is 3.24. The Labute approximate surface area is 95.7 Å². The highest BCUT2D eigenvalue weighted by Crippen LogP contribution is 2.28. The van der Waals surface area contributed by atoms with Crippen LogP contribution in [-0.2, 0) is 4.79 Å². The summed E-state index contributed by atoms with van der Waals surface area (Å²) in [6.45, 7) is 1.78. The van der Waals surface area contributed by atoms with E-state index in [0.29, 0.717) is 4.88 Å².